The van der Waals surface area contributed by atoms with Crippen LogP contribution in [0.1, 0.15) is 38.8 Å². The third kappa shape index (κ3) is 4.95. The Balaban J connectivity index is 1.61. The highest BCUT2D eigenvalue weighted by molar-refractivity contribution is 7.18. The van der Waals surface area contributed by atoms with Crippen LogP contribution < -0.4 is 10.1 Å². The van der Waals surface area contributed by atoms with E-state index in [1.807, 2.05) is 55.5 Å². The summed E-state index contributed by atoms with van der Waals surface area (Å²) in [5, 5.41) is 12.2. The number of nitrogens with one attached hydrogen (secondary N) is 1. The van der Waals surface area contributed by atoms with Gasteiger partial charge in [0.05, 0.1) is 0 Å². The van der Waals surface area contributed by atoms with Gasteiger partial charge in [0.25, 0.3) is 5.91 Å². The molecule has 0 fully saturated rings. The lowest BCUT2D eigenvalue weighted by Gasteiger charge is -2.20. The van der Waals surface area contributed by atoms with E-state index in [9.17, 15) is 4.79 Å². The largest absolute Gasteiger partial charge is 0.481 e. The summed E-state index contributed by atoms with van der Waals surface area (Å²) >= 11 is 1.34. The molecule has 1 atom stereocenters. The van der Waals surface area contributed by atoms with Crippen LogP contribution >= 0.6 is 11.3 Å². The van der Waals surface area contributed by atoms with Gasteiger partial charge in [-0.25, -0.2) is 0 Å². The van der Waals surface area contributed by atoms with Gasteiger partial charge in [-0.1, -0.05) is 74.1 Å². The second-order valence-electron chi connectivity index (χ2n) is 7.80. The highest BCUT2D eigenvalue weighted by atomic mass is 32.1. The highest BCUT2D eigenvalue weighted by Crippen LogP contribution is 2.27. The van der Waals surface area contributed by atoms with E-state index in [2.05, 4.69) is 36.3 Å². The molecule has 6 heteroatoms. The van der Waals surface area contributed by atoms with E-state index in [0.717, 1.165) is 10.6 Å². The number of ether oxygens (including phenoxy) is 1. The number of hydrogen-bond donors (Lipinski definition) is 1. The number of carbonyl (C=O) groups is 1. The fraction of sp³-hybridized carbons (Fsp3) is 0.318. The molecule has 1 amide bonds. The smallest absolute Gasteiger partial charge is 0.266 e. The number of rotatable bonds is 5. The Hall–Kier alpha value is -2.73. The predicted molar refractivity (Wildman–Crippen MR) is 114 cm³/mol. The summed E-state index contributed by atoms with van der Waals surface area (Å²) in [6.07, 6.45) is -0.646. The van der Waals surface area contributed by atoms with Crippen molar-refractivity contribution >= 4 is 22.4 Å². The number of nitrogens with zero attached hydrogens (tertiary/aromatic N) is 2. The van der Waals surface area contributed by atoms with E-state index in [1.54, 1.807) is 6.92 Å². The first-order valence-electron chi connectivity index (χ1n) is 9.21. The number of benzene rings is 2. The normalized spacial score (nSPS) is 12.5. The molecule has 5 nitrogen and oxygen atoms in total. The van der Waals surface area contributed by atoms with Crippen molar-refractivity contribution in [1.29, 1.82) is 0 Å². The van der Waals surface area contributed by atoms with Crippen molar-refractivity contribution in [2.75, 3.05) is 5.32 Å². The number of carbonyl (C=O) groups excluding carboxylic acids is 1. The molecule has 0 unspecified atom stereocenters. The first kappa shape index (κ1) is 20.0. The average molecular weight is 396 g/mol. The molecule has 1 N–H and O–H groups in total. The van der Waals surface area contributed by atoms with Gasteiger partial charge in [0, 0.05) is 5.56 Å². The number of aryl methyl sites for hydroxylation is 1. The van der Waals surface area contributed by atoms with Crippen molar-refractivity contribution in [2.45, 2.75) is 46.1 Å². The Kier molecular flexibility index (Phi) is 5.79. The second-order valence-corrected chi connectivity index (χ2v) is 8.78. The van der Waals surface area contributed by atoms with Gasteiger partial charge in [-0.15, -0.1) is 10.2 Å². The van der Waals surface area contributed by atoms with E-state index in [0.29, 0.717) is 10.9 Å². The Morgan fingerprint density at radius 2 is 1.68 bits per heavy atom. The molecule has 3 aromatic rings. The monoisotopic (exact) mass is 395 g/mol. The molecule has 2 aromatic carbocycles. The van der Waals surface area contributed by atoms with Crippen molar-refractivity contribution in [3.63, 3.8) is 0 Å². The lowest BCUT2D eigenvalue weighted by Crippen LogP contribution is -2.30. The van der Waals surface area contributed by atoms with Crippen LogP contribution in [0.5, 0.6) is 5.75 Å². The summed E-state index contributed by atoms with van der Waals surface area (Å²) in [6, 6.07) is 15.9. The minimum atomic E-state index is -0.646. The van der Waals surface area contributed by atoms with Crippen molar-refractivity contribution in [3.05, 3.63) is 59.7 Å². The summed E-state index contributed by atoms with van der Waals surface area (Å²) in [6.45, 7) is 10.2. The van der Waals surface area contributed by atoms with Gasteiger partial charge in [-0.05, 0) is 37.0 Å². The van der Waals surface area contributed by atoms with Crippen LogP contribution in [-0.4, -0.2) is 22.2 Å². The second kappa shape index (κ2) is 8.10. The molecule has 0 aliphatic rings. The Morgan fingerprint density at radius 3 is 2.29 bits per heavy atom. The fourth-order valence-corrected chi connectivity index (χ4v) is 3.34. The predicted octanol–water partition coefficient (Wildman–Crippen LogP) is 5.22. The lowest BCUT2D eigenvalue weighted by molar-refractivity contribution is -0.122. The Morgan fingerprint density at radius 1 is 1.04 bits per heavy atom. The maximum absolute atomic E-state index is 12.4. The van der Waals surface area contributed by atoms with Crippen LogP contribution in [0.2, 0.25) is 0 Å². The molecule has 146 valence electrons. The zero-order valence-corrected chi connectivity index (χ0v) is 17.6. The SMILES string of the molecule is Cc1ccc(-c2nnc(NC(=O)[C@H](C)Oc3ccc(C(C)(C)C)cc3)s2)cc1. The van der Waals surface area contributed by atoms with Gasteiger partial charge in [-0.2, -0.15) is 0 Å². The van der Waals surface area contributed by atoms with Gasteiger partial charge < -0.3 is 4.74 Å². The number of amides is 1. The molecule has 0 spiro atoms. The average Bonchev–Trinajstić information content (AvgIpc) is 3.10. The molecular weight excluding hydrogens is 370 g/mol. The molecule has 28 heavy (non-hydrogen) atoms. The maximum atomic E-state index is 12.4. The number of anilines is 1. The van der Waals surface area contributed by atoms with Gasteiger partial charge in [-0.3, -0.25) is 10.1 Å². The van der Waals surface area contributed by atoms with Crippen molar-refractivity contribution in [3.8, 4) is 16.3 Å². The molecule has 0 aliphatic heterocycles. The summed E-state index contributed by atoms with van der Waals surface area (Å²) in [4.78, 5) is 12.4. The standard InChI is InChI=1S/C22H25N3O2S/c1-14-6-8-16(9-7-14)20-24-25-21(28-20)23-19(26)15(2)27-18-12-10-17(11-13-18)22(3,4)5/h6-13,15H,1-5H3,(H,23,25,26)/t15-/m0/s1. The Bertz CT molecular complexity index is 941. The highest BCUT2D eigenvalue weighted by Gasteiger charge is 2.18. The van der Waals surface area contributed by atoms with E-state index in [-0.39, 0.29) is 11.3 Å². The van der Waals surface area contributed by atoms with Crippen LogP contribution in [0, 0.1) is 6.92 Å². The van der Waals surface area contributed by atoms with Gasteiger partial charge in [0.1, 0.15) is 10.8 Å². The Labute approximate surface area is 169 Å². The number of aromatic nitrogens is 2. The van der Waals surface area contributed by atoms with Gasteiger partial charge >= 0.3 is 0 Å². The van der Waals surface area contributed by atoms with Crippen molar-refractivity contribution < 1.29 is 9.53 Å². The van der Waals surface area contributed by atoms with Crippen molar-refractivity contribution in [1.82, 2.24) is 10.2 Å². The minimum absolute atomic E-state index is 0.0779. The third-order valence-corrected chi connectivity index (χ3v) is 5.24. The van der Waals surface area contributed by atoms with Crippen LogP contribution in [0.4, 0.5) is 5.13 Å². The van der Waals surface area contributed by atoms with Gasteiger partial charge in [0.15, 0.2) is 6.10 Å². The molecule has 0 saturated heterocycles. The fourth-order valence-electron chi connectivity index (χ4n) is 2.58. The summed E-state index contributed by atoms with van der Waals surface area (Å²) in [7, 11) is 0. The summed E-state index contributed by atoms with van der Waals surface area (Å²) in [5.41, 5.74) is 3.46. The van der Waals surface area contributed by atoms with Gasteiger partial charge in [0.2, 0.25) is 5.13 Å². The first-order valence-corrected chi connectivity index (χ1v) is 10.0. The van der Waals surface area contributed by atoms with Crippen LogP contribution in [-0.2, 0) is 10.2 Å². The molecule has 1 heterocycles. The van der Waals surface area contributed by atoms with E-state index < -0.39 is 6.10 Å². The zero-order chi connectivity index (χ0) is 20.3. The van der Waals surface area contributed by atoms with Crippen LogP contribution in [0.25, 0.3) is 10.6 Å². The maximum Gasteiger partial charge on any atom is 0.266 e. The molecule has 3 rings (SSSR count). The van der Waals surface area contributed by atoms with E-state index in [1.165, 1.54) is 22.5 Å². The summed E-state index contributed by atoms with van der Waals surface area (Å²) in [5.74, 6) is 0.403. The van der Waals surface area contributed by atoms with E-state index >= 15 is 0 Å². The molecule has 1 aromatic heterocycles. The molecule has 0 saturated carbocycles. The quantitative estimate of drug-likeness (QED) is 0.643. The first-order chi connectivity index (χ1) is 13.2. The topological polar surface area (TPSA) is 64.1 Å². The van der Waals surface area contributed by atoms with Crippen molar-refractivity contribution in [2.24, 2.45) is 0 Å². The minimum Gasteiger partial charge on any atom is -0.481 e. The zero-order valence-electron chi connectivity index (χ0n) is 16.8. The van der Waals surface area contributed by atoms with Crippen LogP contribution in [0.15, 0.2) is 48.5 Å². The third-order valence-electron chi connectivity index (χ3n) is 4.36. The molecule has 0 bridgehead atoms. The van der Waals surface area contributed by atoms with Crippen LogP contribution in [0.3, 0.4) is 0 Å². The van der Waals surface area contributed by atoms with E-state index in [4.69, 9.17) is 4.74 Å². The lowest BCUT2D eigenvalue weighted by atomic mass is 9.87. The molecular formula is C22H25N3O2S. The number of hydrogen-bond acceptors (Lipinski definition) is 5. The molecule has 0 radical (unpaired) electrons. The summed E-state index contributed by atoms with van der Waals surface area (Å²) < 4.78 is 5.77. The molecule has 0 aliphatic carbocycles.